The molecule has 1 heterocycles. The number of hydrogen-bond donors (Lipinski definition) is 2. The van der Waals surface area contributed by atoms with Gasteiger partial charge in [-0.05, 0) is 54.2 Å². The number of aliphatic hydroxyl groups excluding tert-OH is 1. The molecular formula is C26H28FN2OS+. The number of anilines is 1. The molecule has 31 heavy (non-hydrogen) atoms. The monoisotopic (exact) mass is 435 g/mol. The van der Waals surface area contributed by atoms with E-state index in [9.17, 15) is 9.50 Å². The van der Waals surface area contributed by atoms with E-state index in [-0.39, 0.29) is 21.9 Å². The van der Waals surface area contributed by atoms with Crippen molar-refractivity contribution >= 4 is 34.3 Å². The van der Waals surface area contributed by atoms with Crippen molar-refractivity contribution in [3.8, 4) is 0 Å². The second-order valence-corrected chi connectivity index (χ2v) is 9.08. The number of hydrogen-bond acceptors (Lipinski definition) is 2. The van der Waals surface area contributed by atoms with E-state index in [1.807, 2.05) is 56.6 Å². The van der Waals surface area contributed by atoms with E-state index in [0.717, 1.165) is 16.7 Å². The summed E-state index contributed by atoms with van der Waals surface area (Å²) < 4.78 is 16.0. The summed E-state index contributed by atoms with van der Waals surface area (Å²) in [6, 6.07) is 16.0. The number of benzene rings is 2. The summed E-state index contributed by atoms with van der Waals surface area (Å²) in [4.78, 5) is 0.217. The molecule has 1 aromatic heterocycles. The Kier molecular flexibility index (Phi) is 6.56. The van der Waals surface area contributed by atoms with Crippen LogP contribution in [0, 0.1) is 19.7 Å². The van der Waals surface area contributed by atoms with E-state index in [4.69, 9.17) is 12.2 Å². The van der Waals surface area contributed by atoms with Gasteiger partial charge in [0.1, 0.15) is 5.82 Å². The molecule has 3 aromatic rings. The van der Waals surface area contributed by atoms with Crippen molar-refractivity contribution in [3.05, 3.63) is 95.1 Å². The van der Waals surface area contributed by atoms with Gasteiger partial charge in [0, 0.05) is 17.7 Å². The molecule has 0 atom stereocenters. The Morgan fingerprint density at radius 2 is 1.61 bits per heavy atom. The largest absolute Gasteiger partial charge is 0.502 e. The topological polar surface area (TPSA) is 36.1 Å². The fourth-order valence-electron chi connectivity index (χ4n) is 3.19. The predicted octanol–water partition coefficient (Wildman–Crippen LogP) is 6.35. The van der Waals surface area contributed by atoms with Crippen LogP contribution in [0.25, 0.3) is 11.5 Å². The number of rotatable bonds is 4. The number of halogens is 1. The third kappa shape index (κ3) is 5.17. The zero-order chi connectivity index (χ0) is 22.8. The fourth-order valence-corrected chi connectivity index (χ4v) is 3.50. The van der Waals surface area contributed by atoms with Crippen molar-refractivity contribution in [2.45, 2.75) is 40.0 Å². The molecule has 0 spiro atoms. The summed E-state index contributed by atoms with van der Waals surface area (Å²) in [5.74, 6) is -0.395. The van der Waals surface area contributed by atoms with Gasteiger partial charge in [0.15, 0.2) is 23.1 Å². The number of aromatic nitrogens is 1. The number of nitrogens with zero attached hydrogens (tertiary/aromatic N) is 1. The van der Waals surface area contributed by atoms with Gasteiger partial charge in [0.2, 0.25) is 0 Å². The molecule has 0 aliphatic rings. The first-order valence-corrected chi connectivity index (χ1v) is 10.6. The molecule has 0 unspecified atom stereocenters. The SMILES string of the molecule is Cc1ccc(C(O)=C(C(=S)Nc2ccccc2F)[n+]2ccc(C(C)(C)C)cc2)cc1C. The van der Waals surface area contributed by atoms with Gasteiger partial charge in [0.25, 0.3) is 5.70 Å². The zero-order valence-electron chi connectivity index (χ0n) is 18.5. The van der Waals surface area contributed by atoms with Crippen molar-refractivity contribution in [1.29, 1.82) is 0 Å². The molecule has 5 heteroatoms. The van der Waals surface area contributed by atoms with Crippen LogP contribution in [0.3, 0.4) is 0 Å². The van der Waals surface area contributed by atoms with Crippen molar-refractivity contribution in [2.24, 2.45) is 0 Å². The predicted molar refractivity (Wildman–Crippen MR) is 130 cm³/mol. The molecule has 0 aliphatic carbocycles. The number of para-hydroxylation sites is 1. The molecular weight excluding hydrogens is 407 g/mol. The quantitative estimate of drug-likeness (QED) is 0.217. The minimum Gasteiger partial charge on any atom is -0.502 e. The van der Waals surface area contributed by atoms with Crippen LogP contribution >= 0.6 is 12.2 Å². The molecule has 3 rings (SSSR count). The third-order valence-corrected chi connectivity index (χ3v) is 5.59. The van der Waals surface area contributed by atoms with Crippen molar-refractivity contribution in [1.82, 2.24) is 0 Å². The molecule has 0 saturated heterocycles. The van der Waals surface area contributed by atoms with Gasteiger partial charge in [-0.1, -0.05) is 57.3 Å². The molecule has 0 amide bonds. The van der Waals surface area contributed by atoms with E-state index in [0.29, 0.717) is 11.3 Å². The lowest BCUT2D eigenvalue weighted by Crippen LogP contribution is -2.39. The molecule has 2 N–H and O–H groups in total. The first-order chi connectivity index (χ1) is 14.6. The summed E-state index contributed by atoms with van der Waals surface area (Å²) in [7, 11) is 0. The lowest BCUT2D eigenvalue weighted by molar-refractivity contribution is -0.575. The smallest absolute Gasteiger partial charge is 0.288 e. The minimum absolute atomic E-state index is 0.00892. The summed E-state index contributed by atoms with van der Waals surface area (Å²) in [5.41, 5.74) is 4.61. The van der Waals surface area contributed by atoms with Crippen LogP contribution < -0.4 is 9.88 Å². The summed E-state index contributed by atoms with van der Waals surface area (Å²) in [6.07, 6.45) is 3.73. The Hall–Kier alpha value is -3.05. The second-order valence-electron chi connectivity index (χ2n) is 8.67. The highest BCUT2D eigenvalue weighted by Gasteiger charge is 2.25. The highest BCUT2D eigenvalue weighted by Crippen LogP contribution is 2.24. The standard InChI is InChI=1S/C26H27FN2OS/c1-17-10-11-19(16-18(17)2)24(30)23(25(31)28-22-9-7-6-8-21(22)27)29-14-12-20(13-15-29)26(3,4)5/h6-16H,1-5H3,(H-,28,30,31)/p+1. The van der Waals surface area contributed by atoms with Crippen LogP contribution in [0.5, 0.6) is 0 Å². The van der Waals surface area contributed by atoms with E-state index >= 15 is 0 Å². The maximum atomic E-state index is 14.2. The van der Waals surface area contributed by atoms with Crippen LogP contribution in [-0.2, 0) is 5.41 Å². The molecule has 160 valence electrons. The highest BCUT2D eigenvalue weighted by molar-refractivity contribution is 7.81. The van der Waals surface area contributed by atoms with Crippen LogP contribution in [0.15, 0.2) is 67.0 Å². The average Bonchev–Trinajstić information content (AvgIpc) is 2.71. The lowest BCUT2D eigenvalue weighted by Gasteiger charge is -2.18. The van der Waals surface area contributed by atoms with Crippen molar-refractivity contribution < 1.29 is 14.1 Å². The van der Waals surface area contributed by atoms with Gasteiger partial charge >= 0.3 is 0 Å². The molecule has 2 aromatic carbocycles. The van der Waals surface area contributed by atoms with Gasteiger partial charge < -0.3 is 10.4 Å². The number of pyridine rings is 1. The normalized spacial score (nSPS) is 12.3. The van der Waals surface area contributed by atoms with E-state index < -0.39 is 5.82 Å². The van der Waals surface area contributed by atoms with Crippen molar-refractivity contribution in [2.75, 3.05) is 5.32 Å². The number of aliphatic hydroxyl groups is 1. The Bertz CT molecular complexity index is 1140. The Morgan fingerprint density at radius 1 is 0.968 bits per heavy atom. The van der Waals surface area contributed by atoms with Crippen LogP contribution in [0.1, 0.15) is 43.0 Å². The van der Waals surface area contributed by atoms with Gasteiger partial charge in [0.05, 0.1) is 5.69 Å². The van der Waals surface area contributed by atoms with Gasteiger partial charge in [-0.2, -0.15) is 4.57 Å². The highest BCUT2D eigenvalue weighted by atomic mass is 32.1. The average molecular weight is 436 g/mol. The first-order valence-electron chi connectivity index (χ1n) is 10.2. The van der Waals surface area contributed by atoms with Gasteiger partial charge in [-0.15, -0.1) is 0 Å². The van der Waals surface area contributed by atoms with Gasteiger partial charge in [-0.3, -0.25) is 0 Å². The van der Waals surface area contributed by atoms with E-state index in [1.165, 1.54) is 6.07 Å². The number of thiocarbonyl (C=S) groups is 1. The summed E-state index contributed by atoms with van der Waals surface area (Å²) >= 11 is 5.62. The number of nitrogens with one attached hydrogen (secondary N) is 1. The summed E-state index contributed by atoms with van der Waals surface area (Å²) in [5, 5.41) is 14.2. The maximum absolute atomic E-state index is 14.2. The van der Waals surface area contributed by atoms with E-state index in [1.54, 1.807) is 22.8 Å². The summed E-state index contributed by atoms with van der Waals surface area (Å²) in [6.45, 7) is 10.4. The van der Waals surface area contributed by atoms with Crippen LogP contribution in [0.4, 0.5) is 10.1 Å². The maximum Gasteiger partial charge on any atom is 0.288 e. The Labute approximate surface area is 188 Å². The fraction of sp³-hybridized carbons (Fsp3) is 0.231. The molecule has 0 radical (unpaired) electrons. The molecule has 0 saturated carbocycles. The number of aryl methyl sites for hydroxylation is 2. The van der Waals surface area contributed by atoms with E-state index in [2.05, 4.69) is 26.1 Å². The second kappa shape index (κ2) is 8.98. The Balaban J connectivity index is 2.12. The third-order valence-electron chi connectivity index (χ3n) is 5.30. The molecule has 0 aliphatic heterocycles. The Morgan fingerprint density at radius 3 is 2.19 bits per heavy atom. The van der Waals surface area contributed by atoms with Gasteiger partial charge in [-0.25, -0.2) is 4.39 Å². The first kappa shape index (κ1) is 22.6. The van der Waals surface area contributed by atoms with Crippen LogP contribution in [0.2, 0.25) is 0 Å². The molecule has 3 nitrogen and oxygen atoms in total. The zero-order valence-corrected chi connectivity index (χ0v) is 19.3. The molecule has 0 bridgehead atoms. The van der Waals surface area contributed by atoms with Crippen LogP contribution in [-0.4, -0.2) is 10.1 Å². The lowest BCUT2D eigenvalue weighted by atomic mass is 9.88. The van der Waals surface area contributed by atoms with Crippen molar-refractivity contribution in [3.63, 3.8) is 0 Å². The molecule has 0 fully saturated rings. The minimum atomic E-state index is -0.414.